The highest BCUT2D eigenvalue weighted by molar-refractivity contribution is 6.31. The first-order valence-electron chi connectivity index (χ1n) is 6.28. The largest absolute Gasteiger partial charge is 0.478 e. The minimum Gasteiger partial charge on any atom is -0.478 e. The minimum absolute atomic E-state index is 0.162. The molecule has 0 fully saturated rings. The Labute approximate surface area is 126 Å². The van der Waals surface area contributed by atoms with Crippen LogP contribution in [0, 0.1) is 0 Å². The molecule has 0 unspecified atom stereocenters. The second-order valence-electron chi connectivity index (χ2n) is 4.50. The Hall–Kier alpha value is -2.59. The predicted molar refractivity (Wildman–Crippen MR) is 81.0 cm³/mol. The van der Waals surface area contributed by atoms with Crippen molar-refractivity contribution in [2.24, 2.45) is 0 Å². The first kappa shape index (κ1) is 13.4. The normalized spacial score (nSPS) is 10.5. The fraction of sp³-hybridized carbons (Fsp3) is 0. The number of aromatic carboxylic acids is 1. The number of nitrogens with zero attached hydrogens (tertiary/aromatic N) is 2. The molecule has 0 atom stereocenters. The van der Waals surface area contributed by atoms with Gasteiger partial charge in [-0.05, 0) is 29.8 Å². The molecular formula is C16H11ClN2O2. The molecule has 0 bridgehead atoms. The highest BCUT2D eigenvalue weighted by Gasteiger charge is 2.14. The van der Waals surface area contributed by atoms with Gasteiger partial charge in [-0.3, -0.25) is 0 Å². The van der Waals surface area contributed by atoms with Crippen LogP contribution < -0.4 is 0 Å². The maximum absolute atomic E-state index is 11.3. The number of rotatable bonds is 3. The van der Waals surface area contributed by atoms with Crippen LogP contribution in [0.25, 0.3) is 16.8 Å². The number of carboxylic acids is 1. The summed E-state index contributed by atoms with van der Waals surface area (Å²) in [5.74, 6) is -1.01. The van der Waals surface area contributed by atoms with E-state index in [9.17, 15) is 9.90 Å². The molecule has 1 aromatic heterocycles. The molecule has 3 rings (SSSR count). The van der Waals surface area contributed by atoms with Gasteiger partial charge in [0.15, 0.2) is 0 Å². The van der Waals surface area contributed by atoms with Gasteiger partial charge in [-0.1, -0.05) is 35.9 Å². The average molecular weight is 299 g/mol. The van der Waals surface area contributed by atoms with Crippen LogP contribution in [0.5, 0.6) is 0 Å². The summed E-state index contributed by atoms with van der Waals surface area (Å²) >= 11 is 5.87. The van der Waals surface area contributed by atoms with E-state index in [1.54, 1.807) is 29.2 Å². The highest BCUT2D eigenvalue weighted by atomic mass is 35.5. The summed E-state index contributed by atoms with van der Waals surface area (Å²) in [7, 11) is 0. The molecule has 0 amide bonds. The van der Waals surface area contributed by atoms with Crippen molar-refractivity contribution in [2.45, 2.75) is 0 Å². The predicted octanol–water partition coefficient (Wildman–Crippen LogP) is 3.89. The molecule has 0 aliphatic carbocycles. The summed E-state index contributed by atoms with van der Waals surface area (Å²) in [5.41, 5.74) is 2.40. The number of carboxylic acid groups (broad SMARTS) is 1. The van der Waals surface area contributed by atoms with Crippen LogP contribution in [-0.4, -0.2) is 20.9 Å². The molecule has 2 aromatic carbocycles. The molecule has 1 heterocycles. The lowest BCUT2D eigenvalue weighted by Gasteiger charge is -2.04. The third kappa shape index (κ3) is 2.66. The molecule has 4 nitrogen and oxygen atoms in total. The number of hydrogen-bond donors (Lipinski definition) is 1. The van der Waals surface area contributed by atoms with E-state index in [1.807, 2.05) is 30.3 Å². The third-order valence-corrected chi connectivity index (χ3v) is 3.36. The number of benzene rings is 2. The zero-order valence-electron chi connectivity index (χ0n) is 10.9. The maximum Gasteiger partial charge on any atom is 0.336 e. The molecule has 0 saturated carbocycles. The Morgan fingerprint density at radius 2 is 1.90 bits per heavy atom. The van der Waals surface area contributed by atoms with E-state index < -0.39 is 5.97 Å². The van der Waals surface area contributed by atoms with Crippen molar-refractivity contribution in [3.8, 4) is 16.8 Å². The Balaban J connectivity index is 2.07. The lowest BCUT2D eigenvalue weighted by atomic mass is 10.0. The third-order valence-electron chi connectivity index (χ3n) is 3.13. The van der Waals surface area contributed by atoms with Gasteiger partial charge in [-0.25, -0.2) is 9.48 Å². The van der Waals surface area contributed by atoms with E-state index >= 15 is 0 Å². The number of halogens is 1. The number of aromatic nitrogens is 2. The Kier molecular flexibility index (Phi) is 3.46. The highest BCUT2D eigenvalue weighted by Crippen LogP contribution is 2.27. The summed E-state index contributed by atoms with van der Waals surface area (Å²) in [5, 5.41) is 14.0. The minimum atomic E-state index is -1.01. The molecule has 5 heteroatoms. The standard InChI is InChI=1S/C16H11ClN2O2/c17-12-6-7-14(15(8-12)16(20)21)11-9-18-19(10-11)13-4-2-1-3-5-13/h1-10H,(H,20,21). The molecule has 0 spiro atoms. The maximum atomic E-state index is 11.3. The fourth-order valence-corrected chi connectivity index (χ4v) is 2.30. The summed E-state index contributed by atoms with van der Waals surface area (Å²) in [6.45, 7) is 0. The quantitative estimate of drug-likeness (QED) is 0.798. The second-order valence-corrected chi connectivity index (χ2v) is 4.94. The van der Waals surface area contributed by atoms with E-state index in [0.717, 1.165) is 11.3 Å². The lowest BCUT2D eigenvalue weighted by Crippen LogP contribution is -1.99. The zero-order valence-corrected chi connectivity index (χ0v) is 11.7. The summed E-state index contributed by atoms with van der Waals surface area (Å²) < 4.78 is 1.70. The molecule has 104 valence electrons. The Morgan fingerprint density at radius 1 is 1.14 bits per heavy atom. The zero-order chi connectivity index (χ0) is 14.8. The van der Waals surface area contributed by atoms with Gasteiger partial charge in [-0.2, -0.15) is 5.10 Å². The van der Waals surface area contributed by atoms with Crippen LogP contribution in [0.4, 0.5) is 0 Å². The van der Waals surface area contributed by atoms with Gasteiger partial charge < -0.3 is 5.11 Å². The van der Waals surface area contributed by atoms with Crippen molar-refractivity contribution in [1.29, 1.82) is 0 Å². The van der Waals surface area contributed by atoms with Crippen LogP contribution in [0.2, 0.25) is 5.02 Å². The van der Waals surface area contributed by atoms with E-state index in [1.165, 1.54) is 6.07 Å². The van der Waals surface area contributed by atoms with Crippen LogP contribution in [-0.2, 0) is 0 Å². The van der Waals surface area contributed by atoms with Gasteiger partial charge >= 0.3 is 5.97 Å². The van der Waals surface area contributed by atoms with Gasteiger partial charge in [0.2, 0.25) is 0 Å². The van der Waals surface area contributed by atoms with E-state index in [2.05, 4.69) is 5.10 Å². The molecule has 21 heavy (non-hydrogen) atoms. The van der Waals surface area contributed by atoms with E-state index in [4.69, 9.17) is 11.6 Å². The van der Waals surface area contributed by atoms with Crippen molar-refractivity contribution >= 4 is 17.6 Å². The van der Waals surface area contributed by atoms with Gasteiger partial charge in [0.1, 0.15) is 0 Å². The van der Waals surface area contributed by atoms with Gasteiger partial charge in [0.05, 0.1) is 17.4 Å². The molecule has 0 aliphatic heterocycles. The summed E-state index contributed by atoms with van der Waals surface area (Å²) in [4.78, 5) is 11.3. The lowest BCUT2D eigenvalue weighted by molar-refractivity contribution is 0.0697. The fourth-order valence-electron chi connectivity index (χ4n) is 2.13. The Bertz CT molecular complexity index is 797. The monoisotopic (exact) mass is 298 g/mol. The van der Waals surface area contributed by atoms with E-state index in [-0.39, 0.29) is 5.56 Å². The van der Waals surface area contributed by atoms with Crippen molar-refractivity contribution in [2.75, 3.05) is 0 Å². The van der Waals surface area contributed by atoms with Crippen molar-refractivity contribution in [1.82, 2.24) is 9.78 Å². The number of carbonyl (C=O) groups is 1. The second kappa shape index (κ2) is 5.42. The Morgan fingerprint density at radius 3 is 2.62 bits per heavy atom. The first-order valence-corrected chi connectivity index (χ1v) is 6.66. The number of hydrogen-bond acceptors (Lipinski definition) is 2. The van der Waals surface area contributed by atoms with Gasteiger partial charge in [0.25, 0.3) is 0 Å². The number of para-hydroxylation sites is 1. The first-order chi connectivity index (χ1) is 10.1. The molecule has 0 saturated heterocycles. The molecular weight excluding hydrogens is 288 g/mol. The van der Waals surface area contributed by atoms with Crippen molar-refractivity contribution in [3.05, 3.63) is 71.5 Å². The van der Waals surface area contributed by atoms with Crippen LogP contribution in [0.1, 0.15) is 10.4 Å². The van der Waals surface area contributed by atoms with E-state index in [0.29, 0.717) is 10.6 Å². The van der Waals surface area contributed by atoms with Crippen LogP contribution in [0.3, 0.4) is 0 Å². The average Bonchev–Trinajstić information content (AvgIpc) is 2.97. The summed E-state index contributed by atoms with van der Waals surface area (Å²) in [6, 6.07) is 14.4. The summed E-state index contributed by atoms with van der Waals surface area (Å²) in [6.07, 6.45) is 3.44. The molecule has 0 aliphatic rings. The van der Waals surface area contributed by atoms with Crippen molar-refractivity contribution in [3.63, 3.8) is 0 Å². The molecule has 1 N–H and O–H groups in total. The van der Waals surface area contributed by atoms with Crippen LogP contribution >= 0.6 is 11.6 Å². The smallest absolute Gasteiger partial charge is 0.336 e. The van der Waals surface area contributed by atoms with Gasteiger partial charge in [0, 0.05) is 16.8 Å². The topological polar surface area (TPSA) is 55.1 Å². The molecule has 3 aromatic rings. The van der Waals surface area contributed by atoms with Crippen molar-refractivity contribution < 1.29 is 9.90 Å². The van der Waals surface area contributed by atoms with Gasteiger partial charge in [-0.15, -0.1) is 0 Å². The van der Waals surface area contributed by atoms with Crippen LogP contribution in [0.15, 0.2) is 60.9 Å². The molecule has 0 radical (unpaired) electrons. The SMILES string of the molecule is O=C(O)c1cc(Cl)ccc1-c1cnn(-c2ccccc2)c1.